The third-order valence-electron chi connectivity index (χ3n) is 3.05. The summed E-state index contributed by atoms with van der Waals surface area (Å²) in [4.78, 5) is 22.0. The summed E-state index contributed by atoms with van der Waals surface area (Å²) in [7, 11) is 0. The Hall–Kier alpha value is -2.34. The molecular formula is C15H13NO4S. The quantitative estimate of drug-likeness (QED) is 0.515. The summed E-state index contributed by atoms with van der Waals surface area (Å²) in [6.07, 6.45) is 0. The molecule has 0 unspecified atom stereocenters. The second-order valence-corrected chi connectivity index (χ2v) is 5.42. The van der Waals surface area contributed by atoms with Gasteiger partial charge in [0.2, 0.25) is 0 Å². The Kier molecular flexibility index (Phi) is 4.59. The van der Waals surface area contributed by atoms with Crippen molar-refractivity contribution < 1.29 is 14.8 Å². The van der Waals surface area contributed by atoms with Gasteiger partial charge in [0.15, 0.2) is 0 Å². The standard InChI is InChI=1S/C15H13NO4S/c1-10-5-2-3-6-11(10)9-21-14-12(15(17)18)7-4-8-13(14)16(19)20/h2-8H,9H2,1H3,(H,17,18). The second-order valence-electron chi connectivity index (χ2n) is 4.43. The summed E-state index contributed by atoms with van der Waals surface area (Å²) in [5.74, 6) is -0.677. The Balaban J connectivity index is 2.36. The molecule has 2 rings (SSSR count). The summed E-state index contributed by atoms with van der Waals surface area (Å²) >= 11 is 1.18. The van der Waals surface area contributed by atoms with E-state index in [4.69, 9.17) is 0 Å². The fourth-order valence-electron chi connectivity index (χ4n) is 1.91. The molecule has 0 bridgehead atoms. The topological polar surface area (TPSA) is 80.4 Å². The van der Waals surface area contributed by atoms with Crippen molar-refractivity contribution in [1.82, 2.24) is 0 Å². The van der Waals surface area contributed by atoms with Gasteiger partial charge in [-0.1, -0.05) is 30.3 Å². The normalized spacial score (nSPS) is 10.3. The van der Waals surface area contributed by atoms with Crippen molar-refractivity contribution in [1.29, 1.82) is 0 Å². The van der Waals surface area contributed by atoms with Crippen molar-refractivity contribution in [2.75, 3.05) is 0 Å². The molecule has 0 aromatic heterocycles. The molecule has 2 aromatic rings. The molecule has 0 aliphatic carbocycles. The molecule has 1 N–H and O–H groups in total. The van der Waals surface area contributed by atoms with Gasteiger partial charge in [0.05, 0.1) is 10.5 Å². The average Bonchev–Trinajstić information content (AvgIpc) is 2.45. The zero-order chi connectivity index (χ0) is 15.4. The molecule has 0 amide bonds. The minimum atomic E-state index is -1.16. The molecule has 108 valence electrons. The first-order valence-electron chi connectivity index (χ1n) is 6.18. The number of nitro groups is 1. The fraction of sp³-hybridized carbons (Fsp3) is 0.133. The van der Waals surface area contributed by atoms with Crippen LogP contribution in [-0.2, 0) is 5.75 Å². The van der Waals surface area contributed by atoms with E-state index in [1.807, 2.05) is 31.2 Å². The minimum absolute atomic E-state index is 0.0391. The van der Waals surface area contributed by atoms with Crippen LogP contribution in [0.1, 0.15) is 21.5 Å². The van der Waals surface area contributed by atoms with E-state index in [9.17, 15) is 20.0 Å². The number of hydrogen-bond acceptors (Lipinski definition) is 4. The van der Waals surface area contributed by atoms with Gasteiger partial charge in [0.1, 0.15) is 4.90 Å². The number of carboxylic acids is 1. The van der Waals surface area contributed by atoms with Crippen molar-refractivity contribution in [2.45, 2.75) is 17.6 Å². The zero-order valence-corrected chi connectivity index (χ0v) is 12.1. The van der Waals surface area contributed by atoms with Gasteiger partial charge >= 0.3 is 5.97 Å². The monoisotopic (exact) mass is 303 g/mol. The molecule has 0 heterocycles. The third kappa shape index (κ3) is 3.41. The van der Waals surface area contributed by atoms with E-state index < -0.39 is 10.9 Å². The number of nitro benzene ring substituents is 1. The van der Waals surface area contributed by atoms with Gasteiger partial charge in [0, 0.05) is 11.8 Å². The van der Waals surface area contributed by atoms with E-state index in [1.165, 1.54) is 30.0 Å². The zero-order valence-electron chi connectivity index (χ0n) is 11.3. The molecule has 0 atom stereocenters. The summed E-state index contributed by atoms with van der Waals surface area (Å²) in [6, 6.07) is 11.8. The molecule has 0 saturated carbocycles. The summed E-state index contributed by atoms with van der Waals surface area (Å²) in [5, 5.41) is 20.3. The maximum absolute atomic E-state index is 11.2. The van der Waals surface area contributed by atoms with E-state index in [-0.39, 0.29) is 16.1 Å². The summed E-state index contributed by atoms with van der Waals surface area (Å²) in [6.45, 7) is 1.95. The summed E-state index contributed by atoms with van der Waals surface area (Å²) < 4.78 is 0. The van der Waals surface area contributed by atoms with Crippen molar-refractivity contribution in [3.8, 4) is 0 Å². The molecule has 21 heavy (non-hydrogen) atoms. The van der Waals surface area contributed by atoms with Gasteiger partial charge in [-0.3, -0.25) is 10.1 Å². The van der Waals surface area contributed by atoms with Crippen LogP contribution in [0.25, 0.3) is 0 Å². The molecule has 2 aromatic carbocycles. The Morgan fingerprint density at radius 3 is 2.57 bits per heavy atom. The molecule has 5 nitrogen and oxygen atoms in total. The fourth-order valence-corrected chi connectivity index (χ4v) is 3.14. The number of carboxylic acid groups (broad SMARTS) is 1. The predicted octanol–water partition coefficient (Wildman–Crippen LogP) is 3.89. The lowest BCUT2D eigenvalue weighted by Crippen LogP contribution is -2.02. The molecule has 6 heteroatoms. The number of thioether (sulfide) groups is 1. The number of carbonyl (C=O) groups is 1. The van der Waals surface area contributed by atoms with Crippen molar-refractivity contribution in [3.05, 3.63) is 69.3 Å². The predicted molar refractivity (Wildman–Crippen MR) is 80.8 cm³/mol. The number of nitrogens with zero attached hydrogens (tertiary/aromatic N) is 1. The van der Waals surface area contributed by atoms with Crippen LogP contribution in [0, 0.1) is 17.0 Å². The van der Waals surface area contributed by atoms with E-state index in [0.29, 0.717) is 5.75 Å². The largest absolute Gasteiger partial charge is 0.478 e. The maximum atomic E-state index is 11.2. The highest BCUT2D eigenvalue weighted by Gasteiger charge is 2.21. The highest BCUT2D eigenvalue weighted by atomic mass is 32.2. The lowest BCUT2D eigenvalue weighted by Gasteiger charge is -2.08. The molecular weight excluding hydrogens is 290 g/mol. The molecule has 0 spiro atoms. The maximum Gasteiger partial charge on any atom is 0.337 e. The van der Waals surface area contributed by atoms with E-state index in [0.717, 1.165) is 11.1 Å². The minimum Gasteiger partial charge on any atom is -0.478 e. The highest BCUT2D eigenvalue weighted by Crippen LogP contribution is 2.35. The number of aryl methyl sites for hydroxylation is 1. The second kappa shape index (κ2) is 6.41. The highest BCUT2D eigenvalue weighted by molar-refractivity contribution is 7.98. The molecule has 0 saturated heterocycles. The first-order valence-corrected chi connectivity index (χ1v) is 7.17. The molecule has 0 fully saturated rings. The van der Waals surface area contributed by atoms with Crippen LogP contribution in [0.3, 0.4) is 0 Å². The van der Waals surface area contributed by atoms with Crippen LogP contribution in [0.15, 0.2) is 47.4 Å². The lowest BCUT2D eigenvalue weighted by molar-refractivity contribution is -0.387. The number of benzene rings is 2. The number of hydrogen-bond donors (Lipinski definition) is 1. The SMILES string of the molecule is Cc1ccccc1CSc1c(C(=O)O)cccc1[N+](=O)[O-]. The number of rotatable bonds is 5. The van der Waals surface area contributed by atoms with Crippen LogP contribution in [0.5, 0.6) is 0 Å². The van der Waals surface area contributed by atoms with Crippen LogP contribution in [0.4, 0.5) is 5.69 Å². The van der Waals surface area contributed by atoms with Crippen LogP contribution in [0.2, 0.25) is 0 Å². The van der Waals surface area contributed by atoms with Gasteiger partial charge in [0.25, 0.3) is 5.69 Å². The van der Waals surface area contributed by atoms with Crippen LogP contribution in [-0.4, -0.2) is 16.0 Å². The van der Waals surface area contributed by atoms with E-state index in [1.54, 1.807) is 0 Å². The van der Waals surface area contributed by atoms with Crippen molar-refractivity contribution >= 4 is 23.4 Å². The first kappa shape index (κ1) is 15.1. The van der Waals surface area contributed by atoms with Crippen LogP contribution < -0.4 is 0 Å². The number of aromatic carboxylic acids is 1. The Morgan fingerprint density at radius 2 is 1.95 bits per heavy atom. The summed E-state index contributed by atoms with van der Waals surface area (Å²) in [5.41, 5.74) is 1.88. The smallest absolute Gasteiger partial charge is 0.337 e. The Labute approximate surface area is 125 Å². The van der Waals surface area contributed by atoms with Crippen LogP contribution >= 0.6 is 11.8 Å². The lowest BCUT2D eigenvalue weighted by atomic mass is 10.1. The Morgan fingerprint density at radius 1 is 1.24 bits per heavy atom. The average molecular weight is 303 g/mol. The molecule has 0 aliphatic heterocycles. The van der Waals surface area contributed by atoms with E-state index in [2.05, 4.69) is 0 Å². The molecule has 0 aliphatic rings. The van der Waals surface area contributed by atoms with Gasteiger partial charge in [-0.05, 0) is 24.1 Å². The first-order chi connectivity index (χ1) is 10.0. The van der Waals surface area contributed by atoms with Gasteiger partial charge in [-0.15, -0.1) is 11.8 Å². The van der Waals surface area contributed by atoms with Crippen molar-refractivity contribution in [3.63, 3.8) is 0 Å². The Bertz CT molecular complexity index is 668. The van der Waals surface area contributed by atoms with Crippen molar-refractivity contribution in [2.24, 2.45) is 0 Å². The van der Waals surface area contributed by atoms with Gasteiger partial charge in [-0.2, -0.15) is 0 Å². The van der Waals surface area contributed by atoms with Gasteiger partial charge in [-0.25, -0.2) is 4.79 Å². The van der Waals surface area contributed by atoms with E-state index >= 15 is 0 Å². The third-order valence-corrected chi connectivity index (χ3v) is 4.23. The molecule has 0 radical (unpaired) electrons. The van der Waals surface area contributed by atoms with Gasteiger partial charge < -0.3 is 5.11 Å².